The van der Waals surface area contributed by atoms with Gasteiger partial charge in [-0.05, 0) is 86.8 Å². The zero-order chi connectivity index (χ0) is 31.9. The highest BCUT2D eigenvalue weighted by atomic mass is 32.1. The highest BCUT2D eigenvalue weighted by Crippen LogP contribution is 2.40. The van der Waals surface area contributed by atoms with Gasteiger partial charge in [0.1, 0.15) is 5.01 Å². The summed E-state index contributed by atoms with van der Waals surface area (Å²) in [6, 6.07) is 65.2. The minimum absolute atomic E-state index is 1.05. The Hall–Kier alpha value is -6.03. The fraction of sp³-hybridized carbons (Fsp3) is 0. The summed E-state index contributed by atoms with van der Waals surface area (Å²) >= 11 is 1.74. The second-order valence-corrected chi connectivity index (χ2v) is 13.1. The fourth-order valence-electron chi connectivity index (χ4n) is 6.61. The molecule has 0 atom stereocenters. The van der Waals surface area contributed by atoms with E-state index in [1.54, 1.807) is 11.3 Å². The van der Waals surface area contributed by atoms with Crippen LogP contribution in [-0.4, -0.2) is 4.98 Å². The van der Waals surface area contributed by atoms with Crippen LogP contribution in [0.1, 0.15) is 0 Å². The van der Waals surface area contributed by atoms with Crippen LogP contribution in [0.25, 0.3) is 64.6 Å². The molecule has 0 radical (unpaired) electrons. The summed E-state index contributed by atoms with van der Waals surface area (Å²) in [7, 11) is 0. The van der Waals surface area contributed by atoms with E-state index >= 15 is 0 Å². The van der Waals surface area contributed by atoms with Crippen molar-refractivity contribution in [2.75, 3.05) is 4.90 Å². The molecule has 8 aromatic carbocycles. The minimum atomic E-state index is 1.05. The Kier molecular flexibility index (Phi) is 7.03. The second-order valence-electron chi connectivity index (χ2n) is 12.1. The van der Waals surface area contributed by atoms with Gasteiger partial charge in [-0.2, -0.15) is 0 Å². The van der Waals surface area contributed by atoms with Gasteiger partial charge in [0, 0.05) is 28.2 Å². The van der Waals surface area contributed by atoms with Gasteiger partial charge in [0.05, 0.1) is 10.2 Å². The predicted octanol–water partition coefficient (Wildman–Crippen LogP) is 13.1. The molecule has 0 fully saturated rings. The van der Waals surface area contributed by atoms with E-state index < -0.39 is 0 Å². The SMILES string of the molecule is c1ccc(-c2nc3c(-c4ccc(N(c5ccc(-c6ccc7ccccc7c6)cc5)c5ccc6ccccc6c5)cc4)cccc3s2)cc1. The molecule has 0 amide bonds. The molecular formula is C45H30N2S. The first-order valence-corrected chi connectivity index (χ1v) is 17.0. The Labute approximate surface area is 283 Å². The maximum Gasteiger partial charge on any atom is 0.124 e. The molecule has 0 aliphatic carbocycles. The third-order valence-corrected chi connectivity index (χ3v) is 10.1. The highest BCUT2D eigenvalue weighted by molar-refractivity contribution is 7.21. The molecule has 0 aliphatic rings. The molecule has 226 valence electrons. The van der Waals surface area contributed by atoms with Crippen LogP contribution in [0.4, 0.5) is 17.1 Å². The van der Waals surface area contributed by atoms with Gasteiger partial charge >= 0.3 is 0 Å². The van der Waals surface area contributed by atoms with E-state index in [4.69, 9.17) is 4.98 Å². The molecule has 0 N–H and O–H groups in total. The Bertz CT molecular complexity index is 2550. The summed E-state index contributed by atoms with van der Waals surface area (Å²) < 4.78 is 1.19. The second kappa shape index (κ2) is 12.0. The fourth-order valence-corrected chi connectivity index (χ4v) is 7.61. The number of anilines is 3. The maximum atomic E-state index is 5.10. The first-order chi connectivity index (χ1) is 23.8. The molecule has 0 bridgehead atoms. The van der Waals surface area contributed by atoms with Gasteiger partial charge in [0.25, 0.3) is 0 Å². The smallest absolute Gasteiger partial charge is 0.124 e. The zero-order valence-corrected chi connectivity index (χ0v) is 26.9. The number of benzene rings is 8. The van der Waals surface area contributed by atoms with E-state index in [1.165, 1.54) is 37.4 Å². The van der Waals surface area contributed by atoms with E-state index in [2.05, 4.69) is 181 Å². The summed E-state index contributed by atoms with van der Waals surface area (Å²) in [5.41, 5.74) is 10.2. The van der Waals surface area contributed by atoms with E-state index in [1.807, 2.05) is 6.07 Å². The van der Waals surface area contributed by atoms with Crippen LogP contribution in [0.5, 0.6) is 0 Å². The lowest BCUT2D eigenvalue weighted by atomic mass is 10.0. The van der Waals surface area contributed by atoms with Crippen molar-refractivity contribution in [1.82, 2.24) is 4.98 Å². The number of thiazole rings is 1. The molecule has 0 unspecified atom stereocenters. The van der Waals surface area contributed by atoms with Crippen LogP contribution in [-0.2, 0) is 0 Å². The Morgan fingerprint density at radius 3 is 1.65 bits per heavy atom. The third kappa shape index (κ3) is 5.21. The largest absolute Gasteiger partial charge is 0.310 e. The molecule has 0 saturated carbocycles. The third-order valence-electron chi connectivity index (χ3n) is 9.08. The van der Waals surface area contributed by atoms with Crippen LogP contribution < -0.4 is 4.90 Å². The van der Waals surface area contributed by atoms with Gasteiger partial charge in [-0.3, -0.25) is 0 Å². The number of nitrogens with zero attached hydrogens (tertiary/aromatic N) is 2. The van der Waals surface area contributed by atoms with Gasteiger partial charge in [0.2, 0.25) is 0 Å². The molecule has 9 aromatic rings. The molecule has 3 heteroatoms. The lowest BCUT2D eigenvalue weighted by Gasteiger charge is -2.26. The van der Waals surface area contributed by atoms with Gasteiger partial charge in [0.15, 0.2) is 0 Å². The molecule has 1 aromatic heterocycles. The highest BCUT2D eigenvalue weighted by Gasteiger charge is 2.16. The molecule has 0 spiro atoms. The Morgan fingerprint density at radius 2 is 0.938 bits per heavy atom. The van der Waals surface area contributed by atoms with Crippen molar-refractivity contribution in [3.05, 3.63) is 182 Å². The standard InChI is InChI=1S/C45H30N2S/c1-2-11-35(12-3-1)45-46-44-42(15-8-16-43(44)48-45)34-22-26-40(27-23-34)47(41-28-21-32-10-5-7-14-37(32)30-41)39-24-19-33(20-25-39)38-18-17-31-9-4-6-13-36(31)29-38/h1-30H. The van der Waals surface area contributed by atoms with Crippen LogP contribution in [0, 0.1) is 0 Å². The van der Waals surface area contributed by atoms with Crippen LogP contribution >= 0.6 is 11.3 Å². The van der Waals surface area contributed by atoms with Crippen LogP contribution in [0.2, 0.25) is 0 Å². The minimum Gasteiger partial charge on any atom is -0.310 e. The van der Waals surface area contributed by atoms with Gasteiger partial charge in [-0.25, -0.2) is 4.98 Å². The number of aromatic nitrogens is 1. The van der Waals surface area contributed by atoms with Crippen LogP contribution in [0.3, 0.4) is 0 Å². The van der Waals surface area contributed by atoms with Gasteiger partial charge < -0.3 is 4.90 Å². The normalized spacial score (nSPS) is 11.3. The predicted molar refractivity (Wildman–Crippen MR) is 206 cm³/mol. The van der Waals surface area contributed by atoms with Crippen molar-refractivity contribution in [3.8, 4) is 32.8 Å². The lowest BCUT2D eigenvalue weighted by Crippen LogP contribution is -2.09. The van der Waals surface area contributed by atoms with E-state index in [9.17, 15) is 0 Å². The van der Waals surface area contributed by atoms with E-state index in [-0.39, 0.29) is 0 Å². The average molecular weight is 631 g/mol. The molecule has 2 nitrogen and oxygen atoms in total. The molecular weight excluding hydrogens is 601 g/mol. The van der Waals surface area contributed by atoms with Crippen molar-refractivity contribution in [1.29, 1.82) is 0 Å². The Balaban J connectivity index is 1.11. The maximum absolute atomic E-state index is 5.10. The number of hydrogen-bond acceptors (Lipinski definition) is 3. The summed E-state index contributed by atoms with van der Waals surface area (Å²) in [4.78, 5) is 7.44. The average Bonchev–Trinajstić information content (AvgIpc) is 3.61. The quantitative estimate of drug-likeness (QED) is 0.182. The molecule has 9 rings (SSSR count). The summed E-state index contributed by atoms with van der Waals surface area (Å²) in [5.74, 6) is 0. The number of rotatable bonds is 6. The molecule has 48 heavy (non-hydrogen) atoms. The first kappa shape index (κ1) is 28.2. The monoisotopic (exact) mass is 630 g/mol. The Morgan fingerprint density at radius 1 is 0.375 bits per heavy atom. The summed E-state index contributed by atoms with van der Waals surface area (Å²) in [5, 5.41) is 6.00. The molecule has 0 aliphatic heterocycles. The van der Waals surface area contributed by atoms with Crippen molar-refractivity contribution in [3.63, 3.8) is 0 Å². The van der Waals surface area contributed by atoms with Crippen LogP contribution in [0.15, 0.2) is 182 Å². The van der Waals surface area contributed by atoms with Crippen molar-refractivity contribution < 1.29 is 0 Å². The lowest BCUT2D eigenvalue weighted by molar-refractivity contribution is 1.29. The van der Waals surface area contributed by atoms with Crippen molar-refractivity contribution in [2.24, 2.45) is 0 Å². The zero-order valence-electron chi connectivity index (χ0n) is 26.1. The molecule has 1 heterocycles. The summed E-state index contributed by atoms with van der Waals surface area (Å²) in [6.45, 7) is 0. The number of hydrogen-bond donors (Lipinski definition) is 0. The van der Waals surface area contributed by atoms with Gasteiger partial charge in [-0.1, -0.05) is 133 Å². The topological polar surface area (TPSA) is 16.1 Å². The van der Waals surface area contributed by atoms with Crippen molar-refractivity contribution >= 4 is 60.2 Å². The first-order valence-electron chi connectivity index (χ1n) is 16.2. The number of para-hydroxylation sites is 1. The summed E-state index contributed by atoms with van der Waals surface area (Å²) in [6.07, 6.45) is 0. The van der Waals surface area contributed by atoms with E-state index in [0.717, 1.165) is 44.3 Å². The number of fused-ring (bicyclic) bond motifs is 3. The van der Waals surface area contributed by atoms with Gasteiger partial charge in [-0.15, -0.1) is 11.3 Å². The van der Waals surface area contributed by atoms with Crippen molar-refractivity contribution in [2.45, 2.75) is 0 Å². The van der Waals surface area contributed by atoms with E-state index in [0.29, 0.717) is 0 Å². The molecule has 0 saturated heterocycles.